The van der Waals surface area contributed by atoms with Crippen LogP contribution in [0, 0.1) is 17.8 Å². The largest absolute Gasteiger partial charge is 0.481 e. The predicted octanol–water partition coefficient (Wildman–Crippen LogP) is 2.56. The molecular weight excluding hydrogens is 246 g/mol. The van der Waals surface area contributed by atoms with Crippen LogP contribution in [0.1, 0.15) is 32.6 Å². The van der Waals surface area contributed by atoms with E-state index in [9.17, 15) is 4.79 Å². The maximum atomic E-state index is 10.8. The molecule has 3 unspecified atom stereocenters. The van der Waals surface area contributed by atoms with Crippen LogP contribution in [-0.4, -0.2) is 47.1 Å². The molecule has 3 nitrogen and oxygen atoms in total. The molecule has 0 aromatic heterocycles. The van der Waals surface area contributed by atoms with Crippen LogP contribution in [0.3, 0.4) is 0 Å². The highest BCUT2D eigenvalue weighted by atomic mass is 32.2. The smallest absolute Gasteiger partial charge is 0.303 e. The fourth-order valence-electron chi connectivity index (χ4n) is 3.26. The number of carboxylic acid groups (broad SMARTS) is 1. The number of nitrogens with zero attached hydrogens (tertiary/aromatic N) is 1. The maximum absolute atomic E-state index is 10.8. The highest BCUT2D eigenvalue weighted by Gasteiger charge is 2.27. The molecule has 0 spiro atoms. The van der Waals surface area contributed by atoms with Crippen LogP contribution >= 0.6 is 11.8 Å². The normalized spacial score (nSPS) is 31.4. The second-order valence-electron chi connectivity index (χ2n) is 5.97. The van der Waals surface area contributed by atoms with Crippen LogP contribution in [0.15, 0.2) is 0 Å². The number of hydrogen-bond acceptors (Lipinski definition) is 3. The Labute approximate surface area is 114 Å². The third-order valence-electron chi connectivity index (χ3n) is 4.38. The van der Waals surface area contributed by atoms with Crippen molar-refractivity contribution in [2.45, 2.75) is 32.6 Å². The first-order valence-corrected chi connectivity index (χ1v) is 8.32. The lowest BCUT2D eigenvalue weighted by Gasteiger charge is -2.36. The van der Waals surface area contributed by atoms with Gasteiger partial charge >= 0.3 is 5.97 Å². The van der Waals surface area contributed by atoms with Crippen molar-refractivity contribution in [3.63, 3.8) is 0 Å². The van der Waals surface area contributed by atoms with Crippen molar-refractivity contribution in [1.29, 1.82) is 0 Å². The van der Waals surface area contributed by atoms with Gasteiger partial charge in [0, 0.05) is 19.5 Å². The third-order valence-corrected chi connectivity index (χ3v) is 5.62. The van der Waals surface area contributed by atoms with E-state index in [1.165, 1.54) is 43.9 Å². The van der Waals surface area contributed by atoms with Gasteiger partial charge in [0.2, 0.25) is 0 Å². The van der Waals surface area contributed by atoms with Gasteiger partial charge < -0.3 is 10.0 Å². The standard InChI is InChI=1S/C14H25NO2S/c1-11(7-14(16)17)13-3-2-5-15(9-13)8-12-4-6-18-10-12/h11-13H,2-10H2,1H3,(H,16,17). The zero-order chi connectivity index (χ0) is 13.0. The molecule has 2 saturated heterocycles. The Morgan fingerprint density at radius 3 is 3.00 bits per heavy atom. The minimum atomic E-state index is -0.646. The van der Waals surface area contributed by atoms with Gasteiger partial charge in [-0.05, 0) is 55.1 Å². The lowest BCUT2D eigenvalue weighted by molar-refractivity contribution is -0.138. The summed E-state index contributed by atoms with van der Waals surface area (Å²) in [4.78, 5) is 13.4. The minimum Gasteiger partial charge on any atom is -0.481 e. The maximum Gasteiger partial charge on any atom is 0.303 e. The SMILES string of the molecule is CC(CC(=O)O)C1CCCN(CC2CCSC2)C1. The van der Waals surface area contributed by atoms with E-state index in [-0.39, 0.29) is 0 Å². The number of carboxylic acids is 1. The zero-order valence-electron chi connectivity index (χ0n) is 11.3. The number of aliphatic carboxylic acids is 1. The van der Waals surface area contributed by atoms with Crippen molar-refractivity contribution in [2.75, 3.05) is 31.1 Å². The molecule has 0 radical (unpaired) electrons. The van der Waals surface area contributed by atoms with Gasteiger partial charge in [0.05, 0.1) is 0 Å². The van der Waals surface area contributed by atoms with Crippen molar-refractivity contribution in [1.82, 2.24) is 4.90 Å². The monoisotopic (exact) mass is 271 g/mol. The molecule has 0 saturated carbocycles. The average Bonchev–Trinajstić information content (AvgIpc) is 2.81. The van der Waals surface area contributed by atoms with Gasteiger partial charge in [0.15, 0.2) is 0 Å². The first-order chi connectivity index (χ1) is 8.65. The van der Waals surface area contributed by atoms with Gasteiger partial charge in [0.1, 0.15) is 0 Å². The van der Waals surface area contributed by atoms with Gasteiger partial charge in [0.25, 0.3) is 0 Å². The fourth-order valence-corrected chi connectivity index (χ4v) is 4.53. The number of likely N-dealkylation sites (tertiary alicyclic amines) is 1. The molecule has 104 valence electrons. The van der Waals surface area contributed by atoms with Crippen LogP contribution in [0.5, 0.6) is 0 Å². The molecule has 2 aliphatic heterocycles. The van der Waals surface area contributed by atoms with E-state index in [0.29, 0.717) is 18.3 Å². The van der Waals surface area contributed by atoms with Crippen molar-refractivity contribution >= 4 is 17.7 Å². The topological polar surface area (TPSA) is 40.5 Å². The molecule has 1 N–H and O–H groups in total. The van der Waals surface area contributed by atoms with E-state index in [1.807, 2.05) is 0 Å². The van der Waals surface area contributed by atoms with Crippen LogP contribution in [0.2, 0.25) is 0 Å². The number of carbonyl (C=O) groups is 1. The third kappa shape index (κ3) is 4.16. The second kappa shape index (κ2) is 6.80. The Kier molecular flexibility index (Phi) is 5.37. The van der Waals surface area contributed by atoms with Crippen molar-refractivity contribution in [3.8, 4) is 0 Å². The van der Waals surface area contributed by atoms with Crippen molar-refractivity contribution < 1.29 is 9.90 Å². The Bertz CT molecular complexity index is 279. The summed E-state index contributed by atoms with van der Waals surface area (Å²) in [6.45, 7) is 5.68. The highest BCUT2D eigenvalue weighted by molar-refractivity contribution is 7.99. The summed E-state index contributed by atoms with van der Waals surface area (Å²) in [6.07, 6.45) is 4.16. The fraction of sp³-hybridized carbons (Fsp3) is 0.929. The van der Waals surface area contributed by atoms with Gasteiger partial charge in [-0.25, -0.2) is 0 Å². The van der Waals surface area contributed by atoms with E-state index >= 15 is 0 Å². The molecule has 0 aliphatic carbocycles. The van der Waals surface area contributed by atoms with Crippen LogP contribution in [-0.2, 0) is 4.79 Å². The molecule has 0 aromatic rings. The molecule has 18 heavy (non-hydrogen) atoms. The number of rotatable bonds is 5. The van der Waals surface area contributed by atoms with E-state index in [1.54, 1.807) is 0 Å². The van der Waals surface area contributed by atoms with E-state index in [4.69, 9.17) is 5.11 Å². The molecule has 4 heteroatoms. The molecule has 0 bridgehead atoms. The number of piperidine rings is 1. The molecule has 2 heterocycles. The van der Waals surface area contributed by atoms with Gasteiger partial charge in [-0.2, -0.15) is 11.8 Å². The lowest BCUT2D eigenvalue weighted by atomic mass is 9.84. The lowest BCUT2D eigenvalue weighted by Crippen LogP contribution is -2.40. The van der Waals surface area contributed by atoms with E-state index < -0.39 is 5.97 Å². The number of hydrogen-bond donors (Lipinski definition) is 1. The average molecular weight is 271 g/mol. The second-order valence-corrected chi connectivity index (χ2v) is 7.12. The summed E-state index contributed by atoms with van der Waals surface area (Å²) in [5.41, 5.74) is 0. The molecule has 2 fully saturated rings. The molecule has 3 atom stereocenters. The van der Waals surface area contributed by atoms with Gasteiger partial charge in [-0.15, -0.1) is 0 Å². The summed E-state index contributed by atoms with van der Waals surface area (Å²) in [5.74, 6) is 3.80. The van der Waals surface area contributed by atoms with Crippen LogP contribution in [0.4, 0.5) is 0 Å². The summed E-state index contributed by atoms with van der Waals surface area (Å²) in [6, 6.07) is 0. The van der Waals surface area contributed by atoms with Crippen molar-refractivity contribution in [3.05, 3.63) is 0 Å². The molecular formula is C14H25NO2S. The molecule has 2 aliphatic rings. The summed E-state index contributed by atoms with van der Waals surface area (Å²) < 4.78 is 0. The zero-order valence-corrected chi connectivity index (χ0v) is 12.1. The van der Waals surface area contributed by atoms with Crippen LogP contribution in [0.25, 0.3) is 0 Å². The Morgan fingerprint density at radius 2 is 2.33 bits per heavy atom. The first-order valence-electron chi connectivity index (χ1n) is 7.17. The highest BCUT2D eigenvalue weighted by Crippen LogP contribution is 2.29. The van der Waals surface area contributed by atoms with Gasteiger partial charge in [-0.1, -0.05) is 6.92 Å². The molecule has 0 aromatic carbocycles. The van der Waals surface area contributed by atoms with E-state index in [2.05, 4.69) is 23.6 Å². The summed E-state index contributed by atoms with van der Waals surface area (Å²) in [7, 11) is 0. The van der Waals surface area contributed by atoms with E-state index in [0.717, 1.165) is 12.5 Å². The Hall–Kier alpha value is -0.220. The summed E-state index contributed by atoms with van der Waals surface area (Å²) >= 11 is 2.08. The van der Waals surface area contributed by atoms with Gasteiger partial charge in [-0.3, -0.25) is 4.79 Å². The van der Waals surface area contributed by atoms with Crippen molar-refractivity contribution in [2.24, 2.45) is 17.8 Å². The number of thioether (sulfide) groups is 1. The first kappa shape index (κ1) is 14.2. The quantitative estimate of drug-likeness (QED) is 0.834. The minimum absolute atomic E-state index is 0.322. The summed E-state index contributed by atoms with van der Waals surface area (Å²) in [5, 5.41) is 8.89. The Balaban J connectivity index is 1.78. The van der Waals surface area contributed by atoms with Crippen LogP contribution < -0.4 is 0 Å². The molecule has 0 amide bonds. The molecule has 2 rings (SSSR count). The Morgan fingerprint density at radius 1 is 1.50 bits per heavy atom. The predicted molar refractivity (Wildman–Crippen MR) is 76.0 cm³/mol.